The van der Waals surface area contributed by atoms with Crippen LogP contribution in [0.5, 0.6) is 0 Å². The van der Waals surface area contributed by atoms with E-state index in [1.54, 1.807) is 0 Å². The first kappa shape index (κ1) is 24.4. The minimum atomic E-state index is -4.67. The van der Waals surface area contributed by atoms with Crippen LogP contribution in [0.2, 0.25) is 5.02 Å². The molecule has 0 spiro atoms. The molecule has 3 aromatic rings. The highest BCUT2D eigenvalue weighted by Crippen LogP contribution is 2.36. The van der Waals surface area contributed by atoms with Crippen LogP contribution in [0.25, 0.3) is 11.0 Å². The molecule has 35 heavy (non-hydrogen) atoms. The van der Waals surface area contributed by atoms with E-state index in [-0.39, 0.29) is 18.0 Å². The molecule has 2 aromatic carbocycles. The van der Waals surface area contributed by atoms with E-state index >= 15 is 0 Å². The number of benzene rings is 2. The summed E-state index contributed by atoms with van der Waals surface area (Å²) < 4.78 is 44.5. The number of ether oxygens (including phenoxy) is 1. The third kappa shape index (κ3) is 5.51. The molecular weight excluding hydrogens is 487 g/mol. The Labute approximate surface area is 203 Å². The number of urea groups is 1. The predicted octanol–water partition coefficient (Wildman–Crippen LogP) is 5.84. The topological polar surface area (TPSA) is 99.3 Å². The number of halogens is 4. The van der Waals surface area contributed by atoms with Gasteiger partial charge in [0.1, 0.15) is 5.82 Å². The molecular formula is C23H21ClF3N5O3. The quantitative estimate of drug-likeness (QED) is 0.386. The first-order chi connectivity index (χ1) is 16.5. The van der Waals surface area contributed by atoms with Crippen molar-refractivity contribution in [2.24, 2.45) is 0 Å². The number of alkyl halides is 3. The summed E-state index contributed by atoms with van der Waals surface area (Å²) in [5, 5.41) is 4.60. The maximum absolute atomic E-state index is 13.1. The number of carbonyl (C=O) groups is 2. The number of nitrogens with zero attached hydrogens (tertiary/aromatic N) is 2. The number of allylic oxidation sites excluding steroid dienone is 1. The van der Waals surface area contributed by atoms with Crippen molar-refractivity contribution in [1.29, 1.82) is 0 Å². The average Bonchev–Trinajstić information content (AvgIpc) is 3.37. The van der Waals surface area contributed by atoms with E-state index in [1.165, 1.54) is 17.9 Å². The molecule has 4 rings (SSSR count). The summed E-state index contributed by atoms with van der Waals surface area (Å²) in [5.41, 5.74) is 0.363. The minimum Gasteiger partial charge on any atom is -0.416 e. The number of hydrogen-bond acceptors (Lipinski definition) is 4. The number of aromatic nitrogens is 2. The van der Waals surface area contributed by atoms with Crippen LogP contribution in [0.1, 0.15) is 30.8 Å². The van der Waals surface area contributed by atoms with E-state index in [9.17, 15) is 22.8 Å². The number of H-pyrrole nitrogens is 1. The Morgan fingerprint density at radius 1 is 1.26 bits per heavy atom. The number of imidazole rings is 1. The second kappa shape index (κ2) is 9.49. The smallest absolute Gasteiger partial charge is 0.416 e. The summed E-state index contributed by atoms with van der Waals surface area (Å²) >= 11 is 5.63. The van der Waals surface area contributed by atoms with Crippen molar-refractivity contribution in [3.8, 4) is 0 Å². The molecule has 184 valence electrons. The molecule has 0 unspecified atom stereocenters. The van der Waals surface area contributed by atoms with Crippen LogP contribution in [0.3, 0.4) is 0 Å². The summed E-state index contributed by atoms with van der Waals surface area (Å²) in [6.45, 7) is 5.21. The van der Waals surface area contributed by atoms with Gasteiger partial charge >= 0.3 is 18.3 Å². The van der Waals surface area contributed by atoms with E-state index in [4.69, 9.17) is 16.3 Å². The molecule has 0 bridgehead atoms. The maximum Gasteiger partial charge on any atom is 0.417 e. The van der Waals surface area contributed by atoms with Crippen LogP contribution in [0.4, 0.5) is 28.4 Å². The van der Waals surface area contributed by atoms with E-state index in [1.807, 2.05) is 24.3 Å². The van der Waals surface area contributed by atoms with E-state index < -0.39 is 41.0 Å². The molecule has 1 aliphatic heterocycles. The number of likely N-dealkylation sites (tertiary alicyclic amines) is 1. The Kier molecular flexibility index (Phi) is 6.62. The average molecular weight is 508 g/mol. The summed E-state index contributed by atoms with van der Waals surface area (Å²) in [6, 6.07) is 8.64. The molecule has 0 aliphatic carbocycles. The second-order valence-corrected chi connectivity index (χ2v) is 8.51. The van der Waals surface area contributed by atoms with E-state index in [2.05, 4.69) is 27.2 Å². The summed E-state index contributed by atoms with van der Waals surface area (Å²) in [5.74, 6) is 0.720. The predicted molar refractivity (Wildman–Crippen MR) is 124 cm³/mol. The van der Waals surface area contributed by atoms with Crippen molar-refractivity contribution in [3.63, 3.8) is 0 Å². The van der Waals surface area contributed by atoms with Crippen LogP contribution in [-0.4, -0.2) is 39.6 Å². The van der Waals surface area contributed by atoms with Crippen LogP contribution >= 0.6 is 11.6 Å². The Morgan fingerprint density at radius 3 is 2.69 bits per heavy atom. The normalized spacial score (nSPS) is 17.9. The fraction of sp³-hybridized carbons (Fsp3) is 0.261. The third-order valence-electron chi connectivity index (χ3n) is 5.39. The number of para-hydroxylation sites is 2. The van der Waals surface area contributed by atoms with Gasteiger partial charge in [-0.25, -0.2) is 14.6 Å². The van der Waals surface area contributed by atoms with Crippen LogP contribution in [0.15, 0.2) is 54.8 Å². The highest BCUT2D eigenvalue weighted by Gasteiger charge is 2.40. The molecule has 0 radical (unpaired) electrons. The SMILES string of the molecule is C=C(C)OC(=O)N1C[C@H](NC(=O)Nc2ccc(Cl)c(C(F)(F)F)c2)C[C@H]1c1nc2ccccc2[nH]1. The molecule has 2 atom stereocenters. The van der Waals surface area contributed by atoms with Gasteiger partial charge in [0.15, 0.2) is 0 Å². The largest absolute Gasteiger partial charge is 0.417 e. The fourth-order valence-electron chi connectivity index (χ4n) is 3.91. The van der Waals surface area contributed by atoms with Crippen molar-refractivity contribution < 1.29 is 27.5 Å². The van der Waals surface area contributed by atoms with E-state index in [0.717, 1.165) is 17.6 Å². The zero-order chi connectivity index (χ0) is 25.3. The standard InChI is InChI=1S/C23H21ClF3N5O3/c1-12(2)35-22(34)32-11-14(10-19(32)20-30-17-5-3-4-6-18(17)31-20)29-21(33)28-13-7-8-16(24)15(9-13)23(25,26)27/h3-9,14,19H,1,10-11H2,2H3,(H,30,31)(H2,28,29,33)/t14-,19+/m1/s1. The minimum absolute atomic E-state index is 0.0791. The summed E-state index contributed by atoms with van der Waals surface area (Å²) in [7, 11) is 0. The van der Waals surface area contributed by atoms with Gasteiger partial charge in [-0.1, -0.05) is 30.3 Å². The number of nitrogens with one attached hydrogen (secondary N) is 3. The lowest BCUT2D eigenvalue weighted by atomic mass is 10.1. The zero-order valence-electron chi connectivity index (χ0n) is 18.4. The Balaban J connectivity index is 1.50. The number of rotatable bonds is 4. The molecule has 1 aliphatic rings. The number of aromatic amines is 1. The molecule has 8 nitrogen and oxygen atoms in total. The number of fused-ring (bicyclic) bond motifs is 1. The lowest BCUT2D eigenvalue weighted by molar-refractivity contribution is -0.137. The summed E-state index contributed by atoms with van der Waals surface area (Å²) in [4.78, 5) is 34.4. The number of hydrogen-bond donors (Lipinski definition) is 3. The van der Waals surface area contributed by atoms with Gasteiger partial charge in [-0.2, -0.15) is 13.2 Å². The second-order valence-electron chi connectivity index (χ2n) is 8.10. The summed E-state index contributed by atoms with van der Waals surface area (Å²) in [6.07, 6.45) is -5.02. The molecule has 1 fully saturated rings. The molecule has 2 heterocycles. The Bertz CT molecular complexity index is 1260. The third-order valence-corrected chi connectivity index (χ3v) is 5.71. The van der Waals surface area contributed by atoms with Crippen LogP contribution in [0, 0.1) is 0 Å². The monoisotopic (exact) mass is 507 g/mol. The number of carbonyl (C=O) groups excluding carboxylic acids is 2. The van der Waals surface area contributed by atoms with Crippen molar-refractivity contribution in [3.05, 3.63) is 71.2 Å². The van der Waals surface area contributed by atoms with E-state index in [0.29, 0.717) is 17.8 Å². The maximum atomic E-state index is 13.1. The van der Waals surface area contributed by atoms with Crippen molar-refractivity contribution >= 4 is 40.4 Å². The molecule has 12 heteroatoms. The van der Waals surface area contributed by atoms with Gasteiger partial charge in [-0.05, 0) is 43.7 Å². The first-order valence-corrected chi connectivity index (χ1v) is 10.9. The number of anilines is 1. The number of amides is 3. The van der Waals surface area contributed by atoms with Gasteiger partial charge in [0.05, 0.1) is 39.5 Å². The van der Waals surface area contributed by atoms with Gasteiger partial charge in [-0.3, -0.25) is 4.90 Å². The zero-order valence-corrected chi connectivity index (χ0v) is 19.2. The van der Waals surface area contributed by atoms with Crippen molar-refractivity contribution in [2.45, 2.75) is 31.6 Å². The van der Waals surface area contributed by atoms with Crippen molar-refractivity contribution in [2.75, 3.05) is 11.9 Å². The van der Waals surface area contributed by atoms with Gasteiger partial charge in [0, 0.05) is 12.2 Å². The Hall–Kier alpha value is -3.73. The lowest BCUT2D eigenvalue weighted by Gasteiger charge is -2.22. The Morgan fingerprint density at radius 2 is 2.00 bits per heavy atom. The molecule has 1 saturated heterocycles. The van der Waals surface area contributed by atoms with Crippen LogP contribution < -0.4 is 10.6 Å². The molecule has 3 N–H and O–H groups in total. The first-order valence-electron chi connectivity index (χ1n) is 10.5. The van der Waals surface area contributed by atoms with Gasteiger partial charge in [-0.15, -0.1) is 0 Å². The van der Waals surface area contributed by atoms with Crippen molar-refractivity contribution in [1.82, 2.24) is 20.2 Å². The van der Waals surface area contributed by atoms with Crippen LogP contribution in [-0.2, 0) is 10.9 Å². The lowest BCUT2D eigenvalue weighted by Crippen LogP contribution is -2.40. The highest BCUT2D eigenvalue weighted by molar-refractivity contribution is 6.31. The van der Waals surface area contributed by atoms with Gasteiger partial charge in [0.2, 0.25) is 0 Å². The molecule has 1 aromatic heterocycles. The molecule has 3 amide bonds. The molecule has 0 saturated carbocycles. The van der Waals surface area contributed by atoms with Gasteiger partial charge in [0.25, 0.3) is 0 Å². The fourth-order valence-corrected chi connectivity index (χ4v) is 4.14. The highest BCUT2D eigenvalue weighted by atomic mass is 35.5. The van der Waals surface area contributed by atoms with Gasteiger partial charge < -0.3 is 20.4 Å².